The SMILES string of the molecule is COC(=O)N1CCC(N(C)c2nc(OCC34CCCN3CC(F)C4)nc3c(F)c(-c4ccc(F)c5sc(N)c(C#N)c45)c(C(F)(F)F)cc23)C1C. The first-order chi connectivity index (χ1) is 24.2. The van der Waals surface area contributed by atoms with Gasteiger partial charge in [-0.1, -0.05) is 6.07 Å². The molecule has 10 nitrogen and oxygen atoms in total. The standard InChI is InChI=1S/C34H33F6N7O3S/c1-16-23(7-10-47(16)32(48)49-3)45(2)30-19-11-21(34(38,39)40)25(18-5-6-22(36)28-24(18)20(13-41)29(42)51-28)26(37)27(19)43-31(44-30)50-15-33-8-4-9-46(33)14-17(35)12-33/h5-6,11,16-17,23H,4,7-10,12,14-15,42H2,1-3H3. The number of carbonyl (C=O) groups is 1. The Kier molecular flexibility index (Phi) is 8.61. The summed E-state index contributed by atoms with van der Waals surface area (Å²) in [5.74, 6) is -2.32. The molecule has 4 aromatic rings. The average molecular weight is 734 g/mol. The van der Waals surface area contributed by atoms with Crippen LogP contribution in [0.2, 0.25) is 0 Å². The molecule has 0 saturated carbocycles. The summed E-state index contributed by atoms with van der Waals surface area (Å²) >= 11 is 0.671. The Labute approximate surface area is 292 Å². The van der Waals surface area contributed by atoms with E-state index in [0.717, 1.165) is 24.6 Å². The fourth-order valence-electron chi connectivity index (χ4n) is 8.14. The molecule has 0 radical (unpaired) electrons. The molecule has 2 N–H and O–H groups in total. The second kappa shape index (κ2) is 12.6. The van der Waals surface area contributed by atoms with Gasteiger partial charge >= 0.3 is 18.3 Å². The summed E-state index contributed by atoms with van der Waals surface area (Å²) in [6.45, 7) is 2.93. The Bertz CT molecular complexity index is 2110. The van der Waals surface area contributed by atoms with Crippen LogP contribution in [0.15, 0.2) is 18.2 Å². The number of ether oxygens (including phenoxy) is 2. The highest BCUT2D eigenvalue weighted by molar-refractivity contribution is 7.23. The molecule has 0 spiro atoms. The highest BCUT2D eigenvalue weighted by Crippen LogP contribution is 2.48. The van der Waals surface area contributed by atoms with E-state index in [0.29, 0.717) is 30.7 Å². The summed E-state index contributed by atoms with van der Waals surface area (Å²) in [4.78, 5) is 26.3. The van der Waals surface area contributed by atoms with Crippen molar-refractivity contribution in [1.82, 2.24) is 19.8 Å². The van der Waals surface area contributed by atoms with E-state index in [1.807, 2.05) is 11.0 Å². The first-order valence-corrected chi connectivity index (χ1v) is 17.1. The second-order valence-corrected chi connectivity index (χ2v) is 14.4. The number of benzene rings is 2. The lowest BCUT2D eigenvalue weighted by Crippen LogP contribution is -2.44. The summed E-state index contributed by atoms with van der Waals surface area (Å²) in [5, 5.41) is 9.15. The number of rotatable bonds is 6. The molecule has 5 heterocycles. The molecular formula is C34H33F6N7O3S. The maximum Gasteiger partial charge on any atom is 0.417 e. The minimum absolute atomic E-state index is 0.0363. The number of hydrogen-bond acceptors (Lipinski definition) is 10. The van der Waals surface area contributed by atoms with E-state index in [-0.39, 0.29) is 64.0 Å². The zero-order valence-corrected chi connectivity index (χ0v) is 28.6. The van der Waals surface area contributed by atoms with E-state index in [9.17, 15) is 18.8 Å². The molecule has 4 atom stereocenters. The number of fused-ring (bicyclic) bond motifs is 3. The number of amides is 1. The van der Waals surface area contributed by atoms with Crippen molar-refractivity contribution in [3.8, 4) is 23.2 Å². The third-order valence-corrected chi connectivity index (χ3v) is 11.6. The summed E-state index contributed by atoms with van der Waals surface area (Å²) < 4.78 is 102. The number of nitriles is 1. The van der Waals surface area contributed by atoms with Crippen LogP contribution in [0.25, 0.3) is 32.1 Å². The van der Waals surface area contributed by atoms with Gasteiger partial charge in [-0.25, -0.2) is 18.0 Å². The molecule has 0 aliphatic carbocycles. The van der Waals surface area contributed by atoms with Crippen LogP contribution in [-0.2, 0) is 10.9 Å². The van der Waals surface area contributed by atoms with Crippen molar-refractivity contribution in [3.63, 3.8) is 0 Å². The highest BCUT2D eigenvalue weighted by atomic mass is 32.1. The Hall–Kier alpha value is -4.56. The number of likely N-dealkylation sites (N-methyl/N-ethyl adjacent to an activating group) is 1. The van der Waals surface area contributed by atoms with Crippen molar-refractivity contribution >= 4 is 49.2 Å². The van der Waals surface area contributed by atoms with Gasteiger partial charge in [0.25, 0.3) is 0 Å². The Morgan fingerprint density at radius 1 is 1.25 bits per heavy atom. The summed E-state index contributed by atoms with van der Waals surface area (Å²) in [5.41, 5.74) is 1.77. The van der Waals surface area contributed by atoms with Gasteiger partial charge in [-0.05, 0) is 50.4 Å². The molecule has 0 bridgehead atoms. The quantitative estimate of drug-likeness (QED) is 0.212. The van der Waals surface area contributed by atoms with E-state index >= 15 is 17.6 Å². The van der Waals surface area contributed by atoms with E-state index in [4.69, 9.17) is 15.2 Å². The third kappa shape index (κ3) is 5.63. The van der Waals surface area contributed by atoms with Crippen molar-refractivity contribution in [2.24, 2.45) is 0 Å². The largest absolute Gasteiger partial charge is 0.461 e. The van der Waals surface area contributed by atoms with E-state index in [1.54, 1.807) is 18.9 Å². The topological polar surface area (TPSA) is 121 Å². The molecule has 1 amide bonds. The first-order valence-electron chi connectivity index (χ1n) is 16.3. The number of halogens is 6. The fraction of sp³-hybridized carbons (Fsp3) is 0.471. The molecule has 3 fully saturated rings. The smallest absolute Gasteiger partial charge is 0.417 e. The number of likely N-dealkylation sites (tertiary alicyclic amines) is 1. The Morgan fingerprint density at radius 3 is 2.73 bits per heavy atom. The number of nitrogens with two attached hydrogens (primary N) is 1. The van der Waals surface area contributed by atoms with Gasteiger partial charge in [-0.15, -0.1) is 11.3 Å². The van der Waals surface area contributed by atoms with Crippen LogP contribution < -0.4 is 15.4 Å². The van der Waals surface area contributed by atoms with Gasteiger partial charge < -0.3 is 25.0 Å². The van der Waals surface area contributed by atoms with E-state index in [2.05, 4.69) is 9.97 Å². The Balaban J connectivity index is 1.45. The van der Waals surface area contributed by atoms with Crippen LogP contribution in [0.4, 0.5) is 42.0 Å². The number of hydrogen-bond donors (Lipinski definition) is 1. The highest BCUT2D eigenvalue weighted by Gasteiger charge is 2.49. The van der Waals surface area contributed by atoms with Crippen molar-refractivity contribution < 1.29 is 40.6 Å². The van der Waals surface area contributed by atoms with Crippen LogP contribution in [0.5, 0.6) is 6.01 Å². The molecule has 3 saturated heterocycles. The lowest BCUT2D eigenvalue weighted by molar-refractivity contribution is -0.137. The molecular weight excluding hydrogens is 700 g/mol. The number of nitrogen functional groups attached to an aromatic ring is 1. The number of thiophene rings is 1. The maximum absolute atomic E-state index is 17.1. The molecule has 2 aromatic heterocycles. The summed E-state index contributed by atoms with van der Waals surface area (Å²) in [6, 6.07) is 3.13. The average Bonchev–Trinajstić information content (AvgIpc) is 3.83. The van der Waals surface area contributed by atoms with E-state index < -0.39 is 69.9 Å². The van der Waals surface area contributed by atoms with Crippen LogP contribution in [0.3, 0.4) is 0 Å². The monoisotopic (exact) mass is 733 g/mol. The number of aromatic nitrogens is 2. The predicted octanol–water partition coefficient (Wildman–Crippen LogP) is 6.88. The fourth-order valence-corrected chi connectivity index (χ4v) is 9.09. The third-order valence-electron chi connectivity index (χ3n) is 10.6. The van der Waals surface area contributed by atoms with E-state index in [1.165, 1.54) is 12.0 Å². The summed E-state index contributed by atoms with van der Waals surface area (Å²) in [6.07, 6.45) is -4.70. The summed E-state index contributed by atoms with van der Waals surface area (Å²) in [7, 11) is 2.82. The molecule has 3 aliphatic heterocycles. The molecule has 17 heteroatoms. The lowest BCUT2D eigenvalue weighted by atomic mass is 9.92. The predicted molar refractivity (Wildman–Crippen MR) is 178 cm³/mol. The van der Waals surface area contributed by atoms with Gasteiger partial charge in [0.1, 0.15) is 41.0 Å². The van der Waals surface area contributed by atoms with Crippen LogP contribution >= 0.6 is 11.3 Å². The number of carbonyl (C=O) groups excluding carboxylic acids is 1. The second-order valence-electron chi connectivity index (χ2n) is 13.3. The zero-order valence-electron chi connectivity index (χ0n) is 27.8. The number of alkyl halides is 4. The van der Waals surface area contributed by atoms with Crippen LogP contribution in [0.1, 0.15) is 43.7 Å². The molecule has 270 valence electrons. The Morgan fingerprint density at radius 2 is 2.02 bits per heavy atom. The molecule has 3 aliphatic rings. The van der Waals surface area contributed by atoms with Gasteiger partial charge in [0, 0.05) is 42.9 Å². The van der Waals surface area contributed by atoms with Gasteiger partial charge in [-0.2, -0.15) is 28.4 Å². The molecule has 4 unspecified atom stereocenters. The minimum atomic E-state index is -5.14. The van der Waals surface area contributed by atoms with Gasteiger partial charge in [0.15, 0.2) is 5.82 Å². The molecule has 2 aromatic carbocycles. The van der Waals surface area contributed by atoms with Gasteiger partial charge in [-0.3, -0.25) is 4.90 Å². The van der Waals surface area contributed by atoms with Crippen LogP contribution in [0, 0.1) is 23.0 Å². The van der Waals surface area contributed by atoms with Gasteiger partial charge in [0.05, 0.1) is 40.6 Å². The van der Waals surface area contributed by atoms with Crippen molar-refractivity contribution in [2.75, 3.05) is 51.0 Å². The lowest BCUT2D eigenvalue weighted by Gasteiger charge is -2.33. The normalized spacial score (nSPS) is 23.6. The van der Waals surface area contributed by atoms with Crippen LogP contribution in [-0.4, -0.2) is 90.1 Å². The van der Waals surface area contributed by atoms with Crippen molar-refractivity contribution in [1.29, 1.82) is 5.26 Å². The zero-order chi connectivity index (χ0) is 36.6. The minimum Gasteiger partial charge on any atom is -0.461 e. The van der Waals surface area contributed by atoms with Gasteiger partial charge in [0.2, 0.25) is 0 Å². The number of methoxy groups -OCH3 is 1. The molecule has 51 heavy (non-hydrogen) atoms. The number of nitrogens with zero attached hydrogens (tertiary/aromatic N) is 6. The number of anilines is 2. The first kappa shape index (κ1) is 34.9. The molecule has 7 rings (SSSR count). The van der Waals surface area contributed by atoms with Crippen molar-refractivity contribution in [2.45, 2.75) is 62.6 Å². The van der Waals surface area contributed by atoms with Crippen molar-refractivity contribution in [3.05, 3.63) is 41.0 Å². The maximum atomic E-state index is 17.1.